The smallest absolute Gasteiger partial charge is 0.251 e. The Morgan fingerprint density at radius 1 is 0.931 bits per heavy atom. The zero-order chi connectivity index (χ0) is 20.5. The topological polar surface area (TPSA) is 52.7 Å². The van der Waals surface area contributed by atoms with Crippen LogP contribution in [0.3, 0.4) is 0 Å². The second-order valence-electron chi connectivity index (χ2n) is 7.32. The molecular weight excluding hydrogens is 369 g/mol. The van der Waals surface area contributed by atoms with Gasteiger partial charge in [0.05, 0.1) is 0 Å². The van der Waals surface area contributed by atoms with Crippen LogP contribution in [0.15, 0.2) is 54.6 Å². The number of rotatable bonds is 8. The molecule has 2 amide bonds. The van der Waals surface area contributed by atoms with Crippen LogP contribution in [0, 0.1) is 5.82 Å². The highest BCUT2D eigenvalue weighted by Gasteiger charge is 2.20. The number of nitrogens with one attached hydrogen (secondary N) is 1. The molecule has 0 bridgehead atoms. The molecule has 1 heterocycles. The minimum Gasteiger partial charge on any atom is -0.351 e. The van der Waals surface area contributed by atoms with Gasteiger partial charge >= 0.3 is 0 Å². The first-order valence-electron chi connectivity index (χ1n) is 10.2. The van der Waals surface area contributed by atoms with E-state index in [9.17, 15) is 14.0 Å². The summed E-state index contributed by atoms with van der Waals surface area (Å²) in [4.78, 5) is 28.6. The molecule has 0 radical (unpaired) electrons. The molecule has 1 fully saturated rings. The number of piperazine rings is 1. The highest BCUT2D eigenvalue weighted by molar-refractivity contribution is 5.94. The largest absolute Gasteiger partial charge is 0.351 e. The Morgan fingerprint density at radius 3 is 2.31 bits per heavy atom. The lowest BCUT2D eigenvalue weighted by atomic mass is 10.1. The van der Waals surface area contributed by atoms with Crippen molar-refractivity contribution in [1.29, 1.82) is 0 Å². The summed E-state index contributed by atoms with van der Waals surface area (Å²) in [7, 11) is 0. The van der Waals surface area contributed by atoms with Crippen molar-refractivity contribution in [2.75, 3.05) is 39.3 Å². The minimum absolute atomic E-state index is 0.197. The van der Waals surface area contributed by atoms with Gasteiger partial charge in [0.25, 0.3) is 5.91 Å². The lowest BCUT2D eigenvalue weighted by Crippen LogP contribution is -2.50. The quantitative estimate of drug-likeness (QED) is 0.745. The molecule has 5 nitrogen and oxygen atoms in total. The number of benzene rings is 2. The van der Waals surface area contributed by atoms with Gasteiger partial charge in [-0.15, -0.1) is 0 Å². The Balaban J connectivity index is 1.30. The summed E-state index contributed by atoms with van der Waals surface area (Å²) < 4.78 is 12.9. The third-order valence-corrected chi connectivity index (χ3v) is 5.24. The summed E-state index contributed by atoms with van der Waals surface area (Å²) in [6, 6.07) is 15.8. The summed E-state index contributed by atoms with van der Waals surface area (Å²) in [5.74, 6) is -0.323. The maximum atomic E-state index is 12.9. The minimum atomic E-state index is -0.353. The fourth-order valence-corrected chi connectivity index (χ4v) is 3.50. The second kappa shape index (κ2) is 10.7. The van der Waals surface area contributed by atoms with Crippen LogP contribution in [0.5, 0.6) is 0 Å². The van der Waals surface area contributed by atoms with Crippen molar-refractivity contribution in [2.45, 2.75) is 19.3 Å². The molecule has 0 spiro atoms. The van der Waals surface area contributed by atoms with E-state index in [2.05, 4.69) is 22.3 Å². The van der Waals surface area contributed by atoms with Gasteiger partial charge in [0.2, 0.25) is 5.91 Å². The molecule has 154 valence electrons. The number of nitrogens with zero attached hydrogens (tertiary/aromatic N) is 2. The first-order valence-corrected chi connectivity index (χ1v) is 10.2. The van der Waals surface area contributed by atoms with Gasteiger partial charge in [-0.3, -0.25) is 14.5 Å². The molecule has 3 rings (SSSR count). The van der Waals surface area contributed by atoms with Gasteiger partial charge in [-0.05, 0) is 42.7 Å². The summed E-state index contributed by atoms with van der Waals surface area (Å²) in [5.41, 5.74) is 1.73. The van der Waals surface area contributed by atoms with E-state index in [-0.39, 0.29) is 17.6 Å². The van der Waals surface area contributed by atoms with Crippen LogP contribution in [0.25, 0.3) is 0 Å². The number of hydrogen-bond donors (Lipinski definition) is 1. The van der Waals surface area contributed by atoms with Crippen LogP contribution >= 0.6 is 0 Å². The fourth-order valence-electron chi connectivity index (χ4n) is 3.50. The monoisotopic (exact) mass is 397 g/mol. The lowest BCUT2D eigenvalue weighted by Gasteiger charge is -2.34. The van der Waals surface area contributed by atoms with Crippen LogP contribution in [0.4, 0.5) is 4.39 Å². The Hall–Kier alpha value is -2.73. The molecule has 1 aliphatic heterocycles. The molecule has 1 saturated heterocycles. The van der Waals surface area contributed by atoms with Gasteiger partial charge in [0, 0.05) is 51.3 Å². The van der Waals surface area contributed by atoms with Crippen molar-refractivity contribution in [2.24, 2.45) is 0 Å². The summed E-state index contributed by atoms with van der Waals surface area (Å²) >= 11 is 0. The number of carbonyl (C=O) groups is 2. The van der Waals surface area contributed by atoms with Gasteiger partial charge in [-0.1, -0.05) is 30.3 Å². The lowest BCUT2D eigenvalue weighted by molar-refractivity contribution is -0.133. The normalized spacial score (nSPS) is 14.6. The zero-order valence-corrected chi connectivity index (χ0v) is 16.6. The van der Waals surface area contributed by atoms with Crippen LogP contribution in [-0.4, -0.2) is 60.9 Å². The van der Waals surface area contributed by atoms with E-state index >= 15 is 0 Å². The van der Waals surface area contributed by atoms with Gasteiger partial charge < -0.3 is 10.2 Å². The molecule has 6 heteroatoms. The maximum Gasteiger partial charge on any atom is 0.251 e. The number of hydrogen-bond acceptors (Lipinski definition) is 3. The van der Waals surface area contributed by atoms with E-state index in [4.69, 9.17) is 0 Å². The van der Waals surface area contributed by atoms with E-state index in [1.165, 1.54) is 29.8 Å². The van der Waals surface area contributed by atoms with Crippen molar-refractivity contribution in [3.05, 3.63) is 71.5 Å². The molecule has 0 aliphatic carbocycles. The first-order chi connectivity index (χ1) is 14.1. The van der Waals surface area contributed by atoms with E-state index < -0.39 is 0 Å². The molecule has 29 heavy (non-hydrogen) atoms. The third-order valence-electron chi connectivity index (χ3n) is 5.24. The zero-order valence-electron chi connectivity index (χ0n) is 16.6. The summed E-state index contributed by atoms with van der Waals surface area (Å²) in [5, 5.41) is 2.86. The van der Waals surface area contributed by atoms with E-state index in [0.717, 1.165) is 45.6 Å². The summed E-state index contributed by atoms with van der Waals surface area (Å²) in [6.45, 7) is 4.37. The van der Waals surface area contributed by atoms with Gasteiger partial charge in [0.15, 0.2) is 0 Å². The molecule has 2 aromatic rings. The predicted octanol–water partition coefficient (Wildman–Crippen LogP) is 2.72. The Kier molecular flexibility index (Phi) is 7.76. The van der Waals surface area contributed by atoms with E-state index in [1.807, 2.05) is 23.1 Å². The molecule has 1 N–H and O–H groups in total. The van der Waals surface area contributed by atoms with Crippen LogP contribution in [0.1, 0.15) is 28.8 Å². The predicted molar refractivity (Wildman–Crippen MR) is 111 cm³/mol. The highest BCUT2D eigenvalue weighted by Crippen LogP contribution is 2.09. The summed E-state index contributed by atoms with van der Waals surface area (Å²) in [6.07, 6.45) is 2.39. The van der Waals surface area contributed by atoms with Gasteiger partial charge in [-0.2, -0.15) is 0 Å². The Labute approximate surface area is 171 Å². The first kappa shape index (κ1) is 21.0. The molecule has 0 saturated carbocycles. The average Bonchev–Trinajstić information content (AvgIpc) is 2.75. The molecule has 2 aromatic carbocycles. The molecule has 1 aliphatic rings. The fraction of sp³-hybridized carbons (Fsp3) is 0.391. The van der Waals surface area contributed by atoms with Crippen molar-refractivity contribution in [3.63, 3.8) is 0 Å². The number of carbonyl (C=O) groups excluding carboxylic acids is 2. The average molecular weight is 397 g/mol. The number of amides is 2. The van der Waals surface area contributed by atoms with Crippen LogP contribution in [0.2, 0.25) is 0 Å². The highest BCUT2D eigenvalue weighted by atomic mass is 19.1. The SMILES string of the molecule is O=C(NCCN1CCN(C(=O)CCCc2ccccc2)CC1)c1ccc(F)cc1. The number of halogens is 1. The Bertz CT molecular complexity index is 788. The molecule has 0 aromatic heterocycles. The van der Waals surface area contributed by atoms with Crippen LogP contribution in [-0.2, 0) is 11.2 Å². The molecular formula is C23H28FN3O2. The Morgan fingerprint density at radius 2 is 1.62 bits per heavy atom. The van der Waals surface area contributed by atoms with Crippen molar-refractivity contribution < 1.29 is 14.0 Å². The van der Waals surface area contributed by atoms with Crippen LogP contribution < -0.4 is 5.32 Å². The standard InChI is InChI=1S/C23H28FN3O2/c24-21-11-9-20(10-12-21)23(29)25-13-14-26-15-17-27(18-16-26)22(28)8-4-7-19-5-2-1-3-6-19/h1-3,5-6,9-12H,4,7-8,13-18H2,(H,25,29). The maximum absolute atomic E-state index is 12.9. The van der Waals surface area contributed by atoms with Crippen molar-refractivity contribution in [3.8, 4) is 0 Å². The van der Waals surface area contributed by atoms with E-state index in [0.29, 0.717) is 18.5 Å². The van der Waals surface area contributed by atoms with Gasteiger partial charge in [0.1, 0.15) is 5.82 Å². The second-order valence-corrected chi connectivity index (χ2v) is 7.32. The van der Waals surface area contributed by atoms with Crippen molar-refractivity contribution >= 4 is 11.8 Å². The third kappa shape index (κ3) is 6.68. The van der Waals surface area contributed by atoms with E-state index in [1.54, 1.807) is 0 Å². The number of aryl methyl sites for hydroxylation is 1. The van der Waals surface area contributed by atoms with Crippen molar-refractivity contribution in [1.82, 2.24) is 15.1 Å². The molecule has 0 atom stereocenters. The van der Waals surface area contributed by atoms with Gasteiger partial charge in [-0.25, -0.2) is 4.39 Å². The molecule has 0 unspecified atom stereocenters.